The van der Waals surface area contributed by atoms with Crippen molar-refractivity contribution in [2.24, 2.45) is 0 Å². The van der Waals surface area contributed by atoms with Gasteiger partial charge in [-0.15, -0.1) is 0 Å². The largest absolute Gasteiger partial charge is 0.494 e. The number of benzene rings is 1. The summed E-state index contributed by atoms with van der Waals surface area (Å²) in [6.07, 6.45) is 6.21. The molecule has 26 heavy (non-hydrogen) atoms. The van der Waals surface area contributed by atoms with Crippen LogP contribution in [0.2, 0.25) is 0 Å². The number of rotatable bonds is 4. The van der Waals surface area contributed by atoms with E-state index in [2.05, 4.69) is 10.1 Å². The zero-order valence-electron chi connectivity index (χ0n) is 14.8. The van der Waals surface area contributed by atoms with Gasteiger partial charge in [0.05, 0.1) is 7.11 Å². The molecule has 0 N–H and O–H groups in total. The average Bonchev–Trinajstić information content (AvgIpc) is 3.29. The lowest BCUT2D eigenvalue weighted by Crippen LogP contribution is -2.37. The lowest BCUT2D eigenvalue weighted by molar-refractivity contribution is -0.130. The van der Waals surface area contributed by atoms with Gasteiger partial charge in [0.15, 0.2) is 17.4 Å². The lowest BCUT2D eigenvalue weighted by atomic mass is 9.94. The Kier molecular flexibility index (Phi) is 4.61. The van der Waals surface area contributed by atoms with E-state index in [1.54, 1.807) is 6.07 Å². The highest BCUT2D eigenvalue weighted by atomic mass is 19.1. The van der Waals surface area contributed by atoms with E-state index in [9.17, 15) is 9.18 Å². The summed E-state index contributed by atoms with van der Waals surface area (Å²) < 4.78 is 24.1. The SMILES string of the molecule is COc1ccc(-c2nc(C3CC(=O)N(C4CCCCC4)C3)no2)cc1F. The van der Waals surface area contributed by atoms with Crippen molar-refractivity contribution in [2.75, 3.05) is 13.7 Å². The number of methoxy groups -OCH3 is 1. The number of carbonyl (C=O) groups is 1. The Morgan fingerprint density at radius 1 is 1.27 bits per heavy atom. The minimum absolute atomic E-state index is 0.0648. The molecule has 0 spiro atoms. The van der Waals surface area contributed by atoms with Crippen LogP contribution in [0, 0.1) is 5.82 Å². The zero-order valence-corrected chi connectivity index (χ0v) is 14.8. The Balaban J connectivity index is 1.49. The van der Waals surface area contributed by atoms with Gasteiger partial charge < -0.3 is 14.2 Å². The first-order valence-corrected chi connectivity index (χ1v) is 9.12. The van der Waals surface area contributed by atoms with Crippen molar-refractivity contribution in [2.45, 2.75) is 50.5 Å². The summed E-state index contributed by atoms with van der Waals surface area (Å²) in [6, 6.07) is 4.86. The molecule has 6 nitrogen and oxygen atoms in total. The third-order valence-electron chi connectivity index (χ3n) is 5.38. The molecule has 4 rings (SSSR count). The van der Waals surface area contributed by atoms with Gasteiger partial charge in [-0.1, -0.05) is 24.4 Å². The van der Waals surface area contributed by atoms with Crippen LogP contribution < -0.4 is 4.74 Å². The van der Waals surface area contributed by atoms with Crippen molar-refractivity contribution in [1.29, 1.82) is 0 Å². The molecule has 0 bridgehead atoms. The Morgan fingerprint density at radius 2 is 2.08 bits per heavy atom. The molecule has 2 aromatic rings. The highest BCUT2D eigenvalue weighted by molar-refractivity contribution is 5.80. The third-order valence-corrected chi connectivity index (χ3v) is 5.38. The normalized spacial score (nSPS) is 21.4. The molecule has 1 saturated carbocycles. The first kappa shape index (κ1) is 17.0. The molecular formula is C19H22FN3O3. The van der Waals surface area contributed by atoms with Crippen LogP contribution in [0.1, 0.15) is 50.3 Å². The molecule has 1 aliphatic heterocycles. The highest BCUT2D eigenvalue weighted by Crippen LogP contribution is 2.33. The number of ether oxygens (including phenoxy) is 1. The number of hydrogen-bond donors (Lipinski definition) is 0. The van der Waals surface area contributed by atoms with Crippen LogP contribution >= 0.6 is 0 Å². The molecule has 7 heteroatoms. The second-order valence-electron chi connectivity index (χ2n) is 7.05. The van der Waals surface area contributed by atoms with Gasteiger partial charge >= 0.3 is 0 Å². The number of nitrogens with zero attached hydrogens (tertiary/aromatic N) is 3. The maximum absolute atomic E-state index is 13.9. The minimum atomic E-state index is -0.482. The van der Waals surface area contributed by atoms with Crippen LogP contribution in [0.3, 0.4) is 0 Å². The van der Waals surface area contributed by atoms with Gasteiger partial charge in [0.25, 0.3) is 5.89 Å². The predicted octanol–water partition coefficient (Wildman–Crippen LogP) is 3.53. The Bertz CT molecular complexity index is 801. The summed E-state index contributed by atoms with van der Waals surface area (Å²) in [5, 5.41) is 4.04. The minimum Gasteiger partial charge on any atom is -0.494 e. The fraction of sp³-hybridized carbons (Fsp3) is 0.526. The van der Waals surface area contributed by atoms with Crippen LogP contribution in [0.15, 0.2) is 22.7 Å². The molecule has 1 unspecified atom stereocenters. The van der Waals surface area contributed by atoms with E-state index in [4.69, 9.17) is 9.26 Å². The molecule has 1 saturated heterocycles. The van der Waals surface area contributed by atoms with Gasteiger partial charge in [-0.3, -0.25) is 4.79 Å². The summed E-state index contributed by atoms with van der Waals surface area (Å²) >= 11 is 0. The first-order chi connectivity index (χ1) is 12.7. The standard InChI is InChI=1S/C19H22FN3O3/c1-25-16-8-7-12(9-15(16)20)19-21-18(22-26-19)13-10-17(24)23(11-13)14-5-3-2-4-6-14/h7-9,13-14H,2-6,10-11H2,1H3. The molecule has 1 amide bonds. The second kappa shape index (κ2) is 7.05. The van der Waals surface area contributed by atoms with E-state index in [1.165, 1.54) is 38.5 Å². The Labute approximate surface area is 151 Å². The van der Waals surface area contributed by atoms with Gasteiger partial charge in [0, 0.05) is 30.5 Å². The molecule has 1 atom stereocenters. The van der Waals surface area contributed by atoms with Gasteiger partial charge in [0.1, 0.15) is 0 Å². The molecule has 0 radical (unpaired) electrons. The Hall–Kier alpha value is -2.44. The van der Waals surface area contributed by atoms with Crippen LogP contribution in [0.5, 0.6) is 5.75 Å². The number of likely N-dealkylation sites (tertiary alicyclic amines) is 1. The van der Waals surface area contributed by atoms with Crippen LogP contribution in [-0.2, 0) is 4.79 Å². The van der Waals surface area contributed by atoms with Crippen molar-refractivity contribution in [3.63, 3.8) is 0 Å². The monoisotopic (exact) mass is 359 g/mol. The van der Waals surface area contributed by atoms with Crippen molar-refractivity contribution >= 4 is 5.91 Å². The van der Waals surface area contributed by atoms with Gasteiger partial charge in [-0.05, 0) is 31.0 Å². The topological polar surface area (TPSA) is 68.5 Å². The molecule has 2 aliphatic rings. The summed E-state index contributed by atoms with van der Waals surface area (Å²) in [4.78, 5) is 18.8. The summed E-state index contributed by atoms with van der Waals surface area (Å²) in [6.45, 7) is 0.638. The van der Waals surface area contributed by atoms with E-state index < -0.39 is 5.82 Å². The van der Waals surface area contributed by atoms with E-state index >= 15 is 0 Å². The van der Waals surface area contributed by atoms with E-state index in [1.807, 2.05) is 4.90 Å². The molecular weight excluding hydrogens is 337 g/mol. The quantitative estimate of drug-likeness (QED) is 0.835. The predicted molar refractivity (Wildman–Crippen MR) is 92.2 cm³/mol. The van der Waals surface area contributed by atoms with Crippen LogP contribution in [0.4, 0.5) is 4.39 Å². The van der Waals surface area contributed by atoms with Crippen molar-refractivity contribution in [1.82, 2.24) is 15.0 Å². The number of hydrogen-bond acceptors (Lipinski definition) is 5. The van der Waals surface area contributed by atoms with Crippen molar-refractivity contribution in [3.05, 3.63) is 29.8 Å². The van der Waals surface area contributed by atoms with E-state index in [0.29, 0.717) is 30.4 Å². The number of aromatic nitrogens is 2. The van der Waals surface area contributed by atoms with Gasteiger partial charge in [0.2, 0.25) is 5.91 Å². The summed E-state index contributed by atoms with van der Waals surface area (Å²) in [7, 11) is 1.41. The zero-order chi connectivity index (χ0) is 18.1. The summed E-state index contributed by atoms with van der Waals surface area (Å²) in [5.41, 5.74) is 0.496. The maximum atomic E-state index is 13.9. The van der Waals surface area contributed by atoms with Crippen LogP contribution in [0.25, 0.3) is 11.5 Å². The van der Waals surface area contributed by atoms with E-state index in [0.717, 1.165) is 12.8 Å². The molecule has 138 valence electrons. The highest BCUT2D eigenvalue weighted by Gasteiger charge is 2.37. The van der Waals surface area contributed by atoms with Crippen molar-refractivity contribution < 1.29 is 18.4 Å². The first-order valence-electron chi connectivity index (χ1n) is 9.12. The molecule has 1 aromatic carbocycles. The molecule has 1 aromatic heterocycles. The maximum Gasteiger partial charge on any atom is 0.258 e. The van der Waals surface area contributed by atoms with Crippen LogP contribution in [-0.4, -0.2) is 40.6 Å². The fourth-order valence-corrected chi connectivity index (χ4v) is 3.97. The summed E-state index contributed by atoms with van der Waals surface area (Å²) in [5.74, 6) is 0.559. The second-order valence-corrected chi connectivity index (χ2v) is 7.05. The average molecular weight is 359 g/mol. The lowest BCUT2D eigenvalue weighted by Gasteiger charge is -2.31. The number of amides is 1. The third kappa shape index (κ3) is 3.18. The molecule has 2 fully saturated rings. The smallest absolute Gasteiger partial charge is 0.258 e. The van der Waals surface area contributed by atoms with E-state index in [-0.39, 0.29) is 23.5 Å². The van der Waals surface area contributed by atoms with Gasteiger partial charge in [-0.25, -0.2) is 4.39 Å². The fourth-order valence-electron chi connectivity index (χ4n) is 3.97. The molecule has 2 heterocycles. The molecule has 1 aliphatic carbocycles. The van der Waals surface area contributed by atoms with Crippen molar-refractivity contribution in [3.8, 4) is 17.2 Å². The number of carbonyl (C=O) groups excluding carboxylic acids is 1. The Morgan fingerprint density at radius 3 is 2.81 bits per heavy atom. The number of halogens is 1. The van der Waals surface area contributed by atoms with Gasteiger partial charge in [-0.2, -0.15) is 4.98 Å².